The van der Waals surface area contributed by atoms with Crippen LogP contribution < -0.4 is 0 Å². The normalized spacial score (nSPS) is 12.9. The lowest BCUT2D eigenvalue weighted by atomic mass is 10.5. The van der Waals surface area contributed by atoms with Crippen LogP contribution in [0.3, 0.4) is 0 Å². The van der Waals surface area contributed by atoms with Crippen LogP contribution in [0.15, 0.2) is 23.3 Å². The van der Waals surface area contributed by atoms with Crippen molar-refractivity contribution in [1.82, 2.24) is 4.90 Å². The van der Waals surface area contributed by atoms with E-state index in [1.54, 1.807) is 31.3 Å². The Kier molecular flexibility index (Phi) is 4.21. The van der Waals surface area contributed by atoms with Crippen molar-refractivity contribution in [2.45, 2.75) is 0 Å². The second kappa shape index (κ2) is 4.67. The summed E-state index contributed by atoms with van der Waals surface area (Å²) in [6, 6.07) is 1.62. The number of rotatable bonds is 3. The van der Waals surface area contributed by atoms with E-state index in [0.717, 1.165) is 6.26 Å². The summed E-state index contributed by atoms with van der Waals surface area (Å²) in [6.07, 6.45) is 5.45. The van der Waals surface area contributed by atoms with E-state index < -0.39 is 9.84 Å². The van der Waals surface area contributed by atoms with Gasteiger partial charge in [-0.2, -0.15) is 5.26 Å². The smallest absolute Gasteiger partial charge is 0.185 e. The summed E-state index contributed by atoms with van der Waals surface area (Å²) < 4.78 is 21.8. The summed E-state index contributed by atoms with van der Waals surface area (Å²) in [7, 11) is 0.222. The topological polar surface area (TPSA) is 61.2 Å². The molecule has 0 bridgehead atoms. The van der Waals surface area contributed by atoms with Crippen molar-refractivity contribution < 1.29 is 8.42 Å². The molecule has 0 amide bonds. The Labute approximate surface area is 78.7 Å². The molecule has 0 saturated heterocycles. The number of sulfone groups is 1. The van der Waals surface area contributed by atoms with Gasteiger partial charge in [0.05, 0.1) is 0 Å². The number of allylic oxidation sites excluding steroid dienone is 3. The molecule has 0 aliphatic carbocycles. The van der Waals surface area contributed by atoms with Gasteiger partial charge in [0.15, 0.2) is 9.84 Å². The third-order valence-corrected chi connectivity index (χ3v) is 2.17. The Hall–Kier alpha value is -1.28. The summed E-state index contributed by atoms with van der Waals surface area (Å²) in [5.41, 5.74) is 0. The van der Waals surface area contributed by atoms with Crippen LogP contribution >= 0.6 is 0 Å². The largest absolute Gasteiger partial charge is 0.383 e. The zero-order chi connectivity index (χ0) is 10.5. The van der Waals surface area contributed by atoms with Crippen LogP contribution in [-0.2, 0) is 9.84 Å². The maximum absolute atomic E-state index is 10.9. The molecule has 0 aliphatic heterocycles. The van der Waals surface area contributed by atoms with E-state index in [-0.39, 0.29) is 4.91 Å². The van der Waals surface area contributed by atoms with Crippen molar-refractivity contribution in [3.63, 3.8) is 0 Å². The zero-order valence-electron chi connectivity index (χ0n) is 7.85. The molecule has 0 radical (unpaired) electrons. The van der Waals surface area contributed by atoms with Gasteiger partial charge in [-0.15, -0.1) is 0 Å². The average Bonchev–Trinajstić information content (AvgIpc) is 1.95. The van der Waals surface area contributed by atoms with E-state index in [2.05, 4.69) is 0 Å². The number of nitrogens with zero attached hydrogens (tertiary/aromatic N) is 2. The van der Waals surface area contributed by atoms with Gasteiger partial charge in [-0.05, 0) is 18.4 Å². The van der Waals surface area contributed by atoms with E-state index in [0.29, 0.717) is 0 Å². The highest BCUT2D eigenvalue weighted by Gasteiger charge is 2.07. The van der Waals surface area contributed by atoms with Crippen molar-refractivity contribution in [2.75, 3.05) is 20.4 Å². The Morgan fingerprint density at radius 2 is 2.00 bits per heavy atom. The van der Waals surface area contributed by atoms with E-state index in [9.17, 15) is 8.42 Å². The molecule has 5 heteroatoms. The van der Waals surface area contributed by atoms with E-state index >= 15 is 0 Å². The summed E-state index contributed by atoms with van der Waals surface area (Å²) in [5, 5.41) is 8.48. The summed E-state index contributed by atoms with van der Waals surface area (Å²) >= 11 is 0. The van der Waals surface area contributed by atoms with Crippen LogP contribution in [0.25, 0.3) is 0 Å². The first-order valence-electron chi connectivity index (χ1n) is 3.53. The van der Waals surface area contributed by atoms with E-state index in [1.165, 1.54) is 12.2 Å². The summed E-state index contributed by atoms with van der Waals surface area (Å²) in [4.78, 5) is 1.51. The first-order chi connectivity index (χ1) is 5.88. The third kappa shape index (κ3) is 5.04. The highest BCUT2D eigenvalue weighted by Crippen LogP contribution is 2.02. The fourth-order valence-corrected chi connectivity index (χ4v) is 1.04. The lowest BCUT2D eigenvalue weighted by Gasteiger charge is -2.01. The quantitative estimate of drug-likeness (QED) is 0.492. The van der Waals surface area contributed by atoms with Crippen molar-refractivity contribution in [1.29, 1.82) is 5.26 Å². The van der Waals surface area contributed by atoms with Crippen molar-refractivity contribution in [3.8, 4) is 6.07 Å². The van der Waals surface area contributed by atoms with E-state index in [4.69, 9.17) is 5.26 Å². The molecule has 0 atom stereocenters. The number of hydrogen-bond donors (Lipinski definition) is 0. The highest BCUT2D eigenvalue weighted by atomic mass is 32.2. The maximum atomic E-state index is 10.9. The molecule has 4 nitrogen and oxygen atoms in total. The second-order valence-electron chi connectivity index (χ2n) is 2.72. The van der Waals surface area contributed by atoms with Crippen molar-refractivity contribution in [2.24, 2.45) is 0 Å². The zero-order valence-corrected chi connectivity index (χ0v) is 8.67. The Balaban J connectivity index is 4.75. The van der Waals surface area contributed by atoms with Crippen LogP contribution in [0.5, 0.6) is 0 Å². The van der Waals surface area contributed by atoms with E-state index in [1.807, 2.05) is 0 Å². The van der Waals surface area contributed by atoms with Gasteiger partial charge in [0.2, 0.25) is 0 Å². The van der Waals surface area contributed by atoms with Gasteiger partial charge in [0.25, 0.3) is 0 Å². The molecule has 0 heterocycles. The minimum atomic E-state index is -3.38. The monoisotopic (exact) mass is 200 g/mol. The predicted molar refractivity (Wildman–Crippen MR) is 51.4 cm³/mol. The van der Waals surface area contributed by atoms with Gasteiger partial charge in [-0.25, -0.2) is 8.42 Å². The molecule has 0 aromatic rings. The molecule has 0 aromatic carbocycles. The third-order valence-electron chi connectivity index (χ3n) is 1.14. The van der Waals surface area contributed by atoms with Crippen molar-refractivity contribution in [3.05, 3.63) is 23.3 Å². The molecule has 0 fully saturated rings. The molecule has 0 rings (SSSR count). The molecule has 0 aromatic heterocycles. The molecule has 0 aliphatic rings. The fraction of sp³-hybridized carbons (Fsp3) is 0.375. The summed E-state index contributed by atoms with van der Waals surface area (Å²) in [6.45, 7) is 0. The molecule has 13 heavy (non-hydrogen) atoms. The van der Waals surface area contributed by atoms with Crippen LogP contribution in [0, 0.1) is 11.3 Å². The van der Waals surface area contributed by atoms with Crippen LogP contribution in [0.4, 0.5) is 0 Å². The molecule has 72 valence electrons. The van der Waals surface area contributed by atoms with Crippen molar-refractivity contribution >= 4 is 9.84 Å². The lowest BCUT2D eigenvalue weighted by Crippen LogP contribution is -2.00. The molecule has 0 spiro atoms. The number of hydrogen-bond acceptors (Lipinski definition) is 4. The molecule has 0 unspecified atom stereocenters. The minimum Gasteiger partial charge on any atom is -0.383 e. The van der Waals surface area contributed by atoms with Gasteiger partial charge in [-0.3, -0.25) is 0 Å². The maximum Gasteiger partial charge on any atom is 0.185 e. The van der Waals surface area contributed by atoms with Gasteiger partial charge < -0.3 is 4.90 Å². The van der Waals surface area contributed by atoms with Gasteiger partial charge in [-0.1, -0.05) is 0 Å². The summed E-state index contributed by atoms with van der Waals surface area (Å²) in [5.74, 6) is 0. The number of nitriles is 1. The minimum absolute atomic E-state index is 0.231. The lowest BCUT2D eigenvalue weighted by molar-refractivity contribution is 0.564. The Bertz CT molecular complexity index is 358. The fourth-order valence-electron chi connectivity index (χ4n) is 0.546. The van der Waals surface area contributed by atoms with Gasteiger partial charge in [0.1, 0.15) is 11.0 Å². The predicted octanol–water partition coefficient (Wildman–Crippen LogP) is 0.514. The molecule has 0 N–H and O–H groups in total. The Morgan fingerprint density at radius 3 is 2.31 bits per heavy atom. The van der Waals surface area contributed by atoms with Crippen LogP contribution in [0.2, 0.25) is 0 Å². The SMILES string of the molecule is CN(C)C=CC=C(C#N)S(C)(=O)=O. The van der Waals surface area contributed by atoms with Gasteiger partial charge in [0, 0.05) is 20.4 Å². The Morgan fingerprint density at radius 1 is 1.46 bits per heavy atom. The molecule has 0 saturated carbocycles. The highest BCUT2D eigenvalue weighted by molar-refractivity contribution is 7.94. The second-order valence-corrected chi connectivity index (χ2v) is 4.70. The first kappa shape index (κ1) is 11.7. The van der Waals surface area contributed by atoms with Crippen LogP contribution in [-0.4, -0.2) is 33.7 Å². The van der Waals surface area contributed by atoms with Crippen LogP contribution in [0.1, 0.15) is 0 Å². The average molecular weight is 200 g/mol. The first-order valence-corrected chi connectivity index (χ1v) is 5.42. The molecular weight excluding hydrogens is 188 g/mol. The molecular formula is C8H12N2O2S. The van der Waals surface area contributed by atoms with Gasteiger partial charge >= 0.3 is 0 Å². The standard InChI is InChI=1S/C8H12N2O2S/c1-10(2)6-4-5-8(7-9)13(3,11)12/h4-6H,1-3H3.